The quantitative estimate of drug-likeness (QED) is 0.112. The lowest BCUT2D eigenvalue weighted by molar-refractivity contribution is -0.143. The van der Waals surface area contributed by atoms with E-state index < -0.39 is 41.0 Å². The van der Waals surface area contributed by atoms with E-state index >= 15 is 0 Å². The lowest BCUT2D eigenvalue weighted by Gasteiger charge is -2.40. The Hall–Kier alpha value is -3.85. The fourth-order valence-electron chi connectivity index (χ4n) is 5.01. The van der Waals surface area contributed by atoms with Crippen LogP contribution in [0, 0.1) is 0 Å². The standard InChI is InChI=1S/C30H27F6N5O2S2/c1-19-18-39(11-12-40(19)27(43)20-15-21(29(31,32)33)17-22(16-20)30(34,35)36)25(42)10-6-14-45-28-38-37-26(24-9-5-13-44-24)41(28)23-7-3-2-4-8-23/h2-5,7-9,13,15-17,19H,6,10-12,14,18H2,1H3. The first-order valence-corrected chi connectivity index (χ1v) is 15.7. The number of halogens is 6. The van der Waals surface area contributed by atoms with E-state index in [0.717, 1.165) is 16.4 Å². The molecule has 238 valence electrons. The Kier molecular flexibility index (Phi) is 9.58. The van der Waals surface area contributed by atoms with Crippen molar-refractivity contribution in [2.24, 2.45) is 0 Å². The summed E-state index contributed by atoms with van der Waals surface area (Å²) in [6, 6.07) is 13.8. The first-order valence-electron chi connectivity index (χ1n) is 13.9. The molecule has 3 heterocycles. The predicted octanol–water partition coefficient (Wildman–Crippen LogP) is 7.28. The minimum Gasteiger partial charge on any atom is -0.339 e. The average Bonchev–Trinajstić information content (AvgIpc) is 3.68. The van der Waals surface area contributed by atoms with E-state index in [1.165, 1.54) is 16.7 Å². The number of carbonyl (C=O) groups is 2. The first-order chi connectivity index (χ1) is 21.3. The number of alkyl halides is 6. The number of benzene rings is 2. The number of rotatable bonds is 8. The van der Waals surface area contributed by atoms with E-state index in [1.807, 2.05) is 52.4 Å². The Morgan fingerprint density at radius 3 is 2.22 bits per heavy atom. The monoisotopic (exact) mass is 667 g/mol. The number of aromatic nitrogens is 3. The SMILES string of the molecule is CC1CN(C(=O)CCCSc2nnc(-c3cccs3)n2-c2ccccc2)CCN1C(=O)c1cc(C(F)(F)F)cc(C(F)(F)F)c1. The second-order valence-corrected chi connectivity index (χ2v) is 12.4. The van der Waals surface area contributed by atoms with Gasteiger partial charge in [-0.25, -0.2) is 0 Å². The molecule has 1 aliphatic heterocycles. The molecule has 2 amide bonds. The van der Waals surface area contributed by atoms with Crippen molar-refractivity contribution in [1.29, 1.82) is 0 Å². The maximum atomic E-state index is 13.3. The van der Waals surface area contributed by atoms with Gasteiger partial charge in [0.15, 0.2) is 11.0 Å². The van der Waals surface area contributed by atoms with Gasteiger partial charge < -0.3 is 9.80 Å². The molecular weight excluding hydrogens is 640 g/mol. The van der Waals surface area contributed by atoms with Gasteiger partial charge in [-0.1, -0.05) is 36.0 Å². The van der Waals surface area contributed by atoms with Gasteiger partial charge in [0.2, 0.25) is 5.91 Å². The molecule has 0 aliphatic carbocycles. The van der Waals surface area contributed by atoms with Gasteiger partial charge in [-0.15, -0.1) is 21.5 Å². The highest BCUT2D eigenvalue weighted by Crippen LogP contribution is 2.37. The summed E-state index contributed by atoms with van der Waals surface area (Å²) in [5.41, 5.74) is -2.90. The highest BCUT2D eigenvalue weighted by atomic mass is 32.2. The molecule has 7 nitrogen and oxygen atoms in total. The van der Waals surface area contributed by atoms with Crippen LogP contribution in [-0.4, -0.2) is 67.8 Å². The van der Waals surface area contributed by atoms with Crippen molar-refractivity contribution in [3.63, 3.8) is 0 Å². The second-order valence-electron chi connectivity index (χ2n) is 10.4. The van der Waals surface area contributed by atoms with Crippen LogP contribution in [0.25, 0.3) is 16.4 Å². The Labute approximate surface area is 262 Å². The number of amides is 2. The lowest BCUT2D eigenvalue weighted by Crippen LogP contribution is -2.55. The van der Waals surface area contributed by atoms with Gasteiger partial charge in [0, 0.05) is 49.1 Å². The Bertz CT molecular complexity index is 1610. The summed E-state index contributed by atoms with van der Waals surface area (Å²) in [4.78, 5) is 29.8. The second kappa shape index (κ2) is 13.3. The summed E-state index contributed by atoms with van der Waals surface area (Å²) in [5, 5.41) is 11.4. The van der Waals surface area contributed by atoms with E-state index in [9.17, 15) is 35.9 Å². The van der Waals surface area contributed by atoms with E-state index in [-0.39, 0.29) is 38.0 Å². The minimum atomic E-state index is -5.06. The Morgan fingerprint density at radius 1 is 0.933 bits per heavy atom. The van der Waals surface area contributed by atoms with Gasteiger partial charge in [-0.2, -0.15) is 26.3 Å². The molecule has 0 N–H and O–H groups in total. The molecule has 2 aromatic carbocycles. The summed E-state index contributed by atoms with van der Waals surface area (Å²) >= 11 is 3.02. The Morgan fingerprint density at radius 2 is 1.62 bits per heavy atom. The highest BCUT2D eigenvalue weighted by Gasteiger charge is 2.39. The smallest absolute Gasteiger partial charge is 0.339 e. The summed E-state index contributed by atoms with van der Waals surface area (Å²) in [6.07, 6.45) is -9.38. The molecular formula is C30H27F6N5O2S2. The fourth-order valence-corrected chi connectivity index (χ4v) is 6.60. The molecule has 0 radical (unpaired) electrons. The van der Waals surface area contributed by atoms with Gasteiger partial charge in [-0.05, 0) is 55.1 Å². The third kappa shape index (κ3) is 7.52. The molecule has 4 aromatic rings. The van der Waals surface area contributed by atoms with Crippen molar-refractivity contribution < 1.29 is 35.9 Å². The van der Waals surface area contributed by atoms with E-state index in [4.69, 9.17) is 0 Å². The maximum Gasteiger partial charge on any atom is 0.416 e. The van der Waals surface area contributed by atoms with Crippen molar-refractivity contribution in [1.82, 2.24) is 24.6 Å². The molecule has 0 saturated carbocycles. The third-order valence-electron chi connectivity index (χ3n) is 7.23. The molecule has 1 unspecified atom stereocenters. The zero-order valence-electron chi connectivity index (χ0n) is 23.8. The fraction of sp³-hybridized carbons (Fsp3) is 0.333. The number of para-hydroxylation sites is 1. The number of hydrogen-bond donors (Lipinski definition) is 0. The van der Waals surface area contributed by atoms with Gasteiger partial charge in [-0.3, -0.25) is 14.2 Å². The van der Waals surface area contributed by atoms with Gasteiger partial charge >= 0.3 is 12.4 Å². The summed E-state index contributed by atoms with van der Waals surface area (Å²) in [5.74, 6) is 0.187. The van der Waals surface area contributed by atoms with Crippen LogP contribution in [0.4, 0.5) is 26.3 Å². The van der Waals surface area contributed by atoms with E-state index in [2.05, 4.69) is 10.2 Å². The highest BCUT2D eigenvalue weighted by molar-refractivity contribution is 7.99. The number of thiophene rings is 1. The molecule has 0 spiro atoms. The van der Waals surface area contributed by atoms with Crippen LogP contribution in [0.1, 0.15) is 41.3 Å². The molecule has 2 aromatic heterocycles. The molecule has 45 heavy (non-hydrogen) atoms. The minimum absolute atomic E-state index is 0.0106. The molecule has 1 aliphatic rings. The number of hydrogen-bond acceptors (Lipinski definition) is 6. The molecule has 0 bridgehead atoms. The number of thioether (sulfide) groups is 1. The van der Waals surface area contributed by atoms with Crippen LogP contribution >= 0.6 is 23.1 Å². The topological polar surface area (TPSA) is 71.3 Å². The molecule has 15 heteroatoms. The van der Waals surface area contributed by atoms with Gasteiger partial charge in [0.25, 0.3) is 5.91 Å². The van der Waals surface area contributed by atoms with Crippen molar-refractivity contribution in [3.8, 4) is 16.4 Å². The summed E-state index contributed by atoms with van der Waals surface area (Å²) in [7, 11) is 0. The molecule has 1 saturated heterocycles. The molecule has 5 rings (SSSR count). The molecule has 1 atom stereocenters. The summed E-state index contributed by atoms with van der Waals surface area (Å²) in [6.45, 7) is 1.80. The van der Waals surface area contributed by atoms with Crippen LogP contribution < -0.4 is 0 Å². The number of nitrogens with zero attached hydrogens (tertiary/aromatic N) is 5. The normalized spacial score (nSPS) is 15.8. The zero-order valence-corrected chi connectivity index (χ0v) is 25.4. The number of carbonyl (C=O) groups excluding carboxylic acids is 2. The van der Waals surface area contributed by atoms with E-state index in [1.54, 1.807) is 23.2 Å². The predicted molar refractivity (Wildman–Crippen MR) is 158 cm³/mol. The Balaban J connectivity index is 1.18. The van der Waals surface area contributed by atoms with Crippen LogP contribution in [-0.2, 0) is 17.1 Å². The van der Waals surface area contributed by atoms with Crippen LogP contribution in [0.2, 0.25) is 0 Å². The van der Waals surface area contributed by atoms with E-state index in [0.29, 0.717) is 29.5 Å². The number of piperazine rings is 1. The van der Waals surface area contributed by atoms with Crippen molar-refractivity contribution >= 4 is 34.9 Å². The average molecular weight is 668 g/mol. The van der Waals surface area contributed by atoms with Crippen molar-refractivity contribution in [2.45, 2.75) is 43.3 Å². The van der Waals surface area contributed by atoms with Crippen LogP contribution in [0.3, 0.4) is 0 Å². The van der Waals surface area contributed by atoms with Crippen LogP contribution in [0.5, 0.6) is 0 Å². The molecule has 1 fully saturated rings. The maximum absolute atomic E-state index is 13.3. The first kappa shape index (κ1) is 32.5. The van der Waals surface area contributed by atoms with Crippen molar-refractivity contribution in [2.75, 3.05) is 25.4 Å². The zero-order chi connectivity index (χ0) is 32.4. The largest absolute Gasteiger partial charge is 0.416 e. The summed E-state index contributed by atoms with van der Waals surface area (Å²) < 4.78 is 81.7. The third-order valence-corrected chi connectivity index (χ3v) is 9.11. The van der Waals surface area contributed by atoms with Crippen LogP contribution in [0.15, 0.2) is 71.2 Å². The van der Waals surface area contributed by atoms with Crippen molar-refractivity contribution in [3.05, 3.63) is 82.7 Å². The van der Waals surface area contributed by atoms with Gasteiger partial charge in [0.1, 0.15) is 0 Å². The van der Waals surface area contributed by atoms with Gasteiger partial charge in [0.05, 0.1) is 16.0 Å². The lowest BCUT2D eigenvalue weighted by atomic mass is 10.0.